The van der Waals surface area contributed by atoms with Gasteiger partial charge in [0.15, 0.2) is 0 Å². The fourth-order valence-corrected chi connectivity index (χ4v) is 2.03. The third-order valence-corrected chi connectivity index (χ3v) is 3.28. The van der Waals surface area contributed by atoms with Gasteiger partial charge in [0, 0.05) is 24.9 Å². The maximum Gasteiger partial charge on any atom is 0.0509 e. The number of nitrogen functional groups attached to an aromatic ring is 1. The molecule has 2 rings (SSSR count). The Labute approximate surface area is 97.0 Å². The van der Waals surface area contributed by atoms with Crippen molar-refractivity contribution in [2.45, 2.75) is 25.9 Å². The Morgan fingerprint density at radius 1 is 1.44 bits per heavy atom. The van der Waals surface area contributed by atoms with Gasteiger partial charge in [0.1, 0.15) is 0 Å². The van der Waals surface area contributed by atoms with Crippen LogP contribution in [0.15, 0.2) is 24.3 Å². The highest BCUT2D eigenvalue weighted by Gasteiger charge is 2.21. The highest BCUT2D eigenvalue weighted by atomic mass is 16.5. The molecule has 1 aromatic carbocycles. The average Bonchev–Trinajstić information content (AvgIpc) is 2.81. The molecule has 0 bridgehead atoms. The monoisotopic (exact) mass is 220 g/mol. The number of benzene rings is 1. The van der Waals surface area contributed by atoms with E-state index in [0.717, 1.165) is 25.4 Å². The van der Waals surface area contributed by atoms with E-state index in [-0.39, 0.29) is 0 Å². The molecule has 3 N–H and O–H groups in total. The molecule has 1 fully saturated rings. The Hall–Kier alpha value is -1.06. The lowest BCUT2D eigenvalue weighted by Gasteiger charge is -2.19. The summed E-state index contributed by atoms with van der Waals surface area (Å²) >= 11 is 0. The van der Waals surface area contributed by atoms with Gasteiger partial charge >= 0.3 is 0 Å². The van der Waals surface area contributed by atoms with Gasteiger partial charge in [-0.2, -0.15) is 0 Å². The van der Waals surface area contributed by atoms with Crippen molar-refractivity contribution in [3.05, 3.63) is 29.8 Å². The fraction of sp³-hybridized carbons (Fsp3) is 0.538. The van der Waals surface area contributed by atoms with Crippen LogP contribution in [0.4, 0.5) is 5.69 Å². The maximum absolute atomic E-state index is 5.65. The zero-order valence-electron chi connectivity index (χ0n) is 9.78. The molecule has 0 radical (unpaired) electrons. The molecule has 3 heteroatoms. The summed E-state index contributed by atoms with van der Waals surface area (Å²) in [6.45, 7) is 4.95. The van der Waals surface area contributed by atoms with Crippen molar-refractivity contribution in [3.8, 4) is 0 Å². The first kappa shape index (κ1) is 11.4. The Morgan fingerprint density at radius 3 is 2.81 bits per heavy atom. The molecule has 1 aliphatic rings. The van der Waals surface area contributed by atoms with E-state index in [1.54, 1.807) is 0 Å². The van der Waals surface area contributed by atoms with Gasteiger partial charge in [0.25, 0.3) is 0 Å². The predicted octanol–water partition coefficient (Wildman–Crippen LogP) is 1.78. The summed E-state index contributed by atoms with van der Waals surface area (Å²) in [4.78, 5) is 0. The van der Waals surface area contributed by atoms with Crippen molar-refractivity contribution in [2.24, 2.45) is 5.92 Å². The SMILES string of the molecule is CC(NCc1ccc(N)cc1)C1CCOC1. The van der Waals surface area contributed by atoms with Crippen LogP contribution in [0.3, 0.4) is 0 Å². The molecule has 2 atom stereocenters. The van der Waals surface area contributed by atoms with Gasteiger partial charge in [-0.15, -0.1) is 0 Å². The van der Waals surface area contributed by atoms with Gasteiger partial charge in [-0.25, -0.2) is 0 Å². The summed E-state index contributed by atoms with van der Waals surface area (Å²) in [6.07, 6.45) is 1.18. The van der Waals surface area contributed by atoms with Crippen molar-refractivity contribution < 1.29 is 4.74 Å². The quantitative estimate of drug-likeness (QED) is 0.760. The molecule has 88 valence electrons. The van der Waals surface area contributed by atoms with Crippen molar-refractivity contribution in [1.82, 2.24) is 5.32 Å². The predicted molar refractivity (Wildman–Crippen MR) is 66.1 cm³/mol. The van der Waals surface area contributed by atoms with E-state index in [1.165, 1.54) is 12.0 Å². The number of ether oxygens (including phenoxy) is 1. The van der Waals surface area contributed by atoms with Crippen LogP contribution in [0.25, 0.3) is 0 Å². The normalized spacial score (nSPS) is 22.2. The Kier molecular flexibility index (Phi) is 3.80. The lowest BCUT2D eigenvalue weighted by molar-refractivity contribution is 0.178. The molecule has 1 aliphatic heterocycles. The van der Waals surface area contributed by atoms with Crippen molar-refractivity contribution in [1.29, 1.82) is 0 Å². The third-order valence-electron chi connectivity index (χ3n) is 3.28. The van der Waals surface area contributed by atoms with Crippen LogP contribution in [-0.4, -0.2) is 19.3 Å². The minimum atomic E-state index is 0.514. The van der Waals surface area contributed by atoms with Crippen LogP contribution in [0.2, 0.25) is 0 Å². The summed E-state index contributed by atoms with van der Waals surface area (Å²) in [6, 6.07) is 8.54. The van der Waals surface area contributed by atoms with E-state index in [1.807, 2.05) is 12.1 Å². The zero-order chi connectivity index (χ0) is 11.4. The minimum absolute atomic E-state index is 0.514. The van der Waals surface area contributed by atoms with Crippen molar-refractivity contribution in [3.63, 3.8) is 0 Å². The van der Waals surface area contributed by atoms with Gasteiger partial charge in [0.05, 0.1) is 6.61 Å². The fourth-order valence-electron chi connectivity index (χ4n) is 2.03. The second-order valence-electron chi connectivity index (χ2n) is 4.53. The number of nitrogens with one attached hydrogen (secondary N) is 1. The van der Waals surface area contributed by atoms with E-state index >= 15 is 0 Å². The Bertz CT molecular complexity index is 317. The first-order chi connectivity index (χ1) is 7.75. The van der Waals surface area contributed by atoms with E-state index in [9.17, 15) is 0 Å². The summed E-state index contributed by atoms with van der Waals surface area (Å²) < 4.78 is 5.39. The maximum atomic E-state index is 5.65. The van der Waals surface area contributed by atoms with Crippen LogP contribution >= 0.6 is 0 Å². The standard InChI is InChI=1S/C13H20N2O/c1-10(12-6-7-16-9-12)15-8-11-2-4-13(14)5-3-11/h2-5,10,12,15H,6-9,14H2,1H3. The molecule has 16 heavy (non-hydrogen) atoms. The molecular weight excluding hydrogens is 200 g/mol. The van der Waals surface area contributed by atoms with Crippen LogP contribution in [0.1, 0.15) is 18.9 Å². The second kappa shape index (κ2) is 5.32. The average molecular weight is 220 g/mol. The molecule has 2 unspecified atom stereocenters. The lowest BCUT2D eigenvalue weighted by atomic mass is 10.0. The molecule has 0 aromatic heterocycles. The zero-order valence-corrected chi connectivity index (χ0v) is 9.78. The number of hydrogen-bond donors (Lipinski definition) is 2. The van der Waals surface area contributed by atoms with Crippen molar-refractivity contribution in [2.75, 3.05) is 18.9 Å². The van der Waals surface area contributed by atoms with Crippen LogP contribution in [-0.2, 0) is 11.3 Å². The second-order valence-corrected chi connectivity index (χ2v) is 4.53. The summed E-state index contributed by atoms with van der Waals surface area (Å²) in [7, 11) is 0. The third kappa shape index (κ3) is 2.97. The molecule has 1 heterocycles. The van der Waals surface area contributed by atoms with Gasteiger partial charge in [0.2, 0.25) is 0 Å². The van der Waals surface area contributed by atoms with Crippen LogP contribution in [0, 0.1) is 5.92 Å². The minimum Gasteiger partial charge on any atom is -0.399 e. The Morgan fingerprint density at radius 2 is 2.19 bits per heavy atom. The van der Waals surface area contributed by atoms with Gasteiger partial charge in [-0.3, -0.25) is 0 Å². The highest BCUT2D eigenvalue weighted by molar-refractivity contribution is 5.39. The molecular formula is C13H20N2O. The number of hydrogen-bond acceptors (Lipinski definition) is 3. The molecule has 0 aliphatic carbocycles. The largest absolute Gasteiger partial charge is 0.399 e. The topological polar surface area (TPSA) is 47.3 Å². The molecule has 1 saturated heterocycles. The summed E-state index contributed by atoms with van der Waals surface area (Å²) in [5.41, 5.74) is 7.74. The smallest absolute Gasteiger partial charge is 0.0509 e. The van der Waals surface area contributed by atoms with E-state index in [2.05, 4.69) is 24.4 Å². The Balaban J connectivity index is 1.80. The molecule has 0 spiro atoms. The van der Waals surface area contributed by atoms with E-state index < -0.39 is 0 Å². The van der Waals surface area contributed by atoms with E-state index in [0.29, 0.717) is 12.0 Å². The summed E-state index contributed by atoms with van der Waals surface area (Å²) in [5.74, 6) is 0.661. The lowest BCUT2D eigenvalue weighted by Crippen LogP contribution is -2.33. The highest BCUT2D eigenvalue weighted by Crippen LogP contribution is 2.16. The first-order valence-electron chi connectivity index (χ1n) is 5.91. The van der Waals surface area contributed by atoms with E-state index in [4.69, 9.17) is 10.5 Å². The number of rotatable bonds is 4. The number of anilines is 1. The molecule has 3 nitrogen and oxygen atoms in total. The van der Waals surface area contributed by atoms with Gasteiger partial charge in [-0.05, 0) is 37.0 Å². The van der Waals surface area contributed by atoms with Gasteiger partial charge < -0.3 is 15.8 Å². The summed E-state index contributed by atoms with van der Waals surface area (Å²) in [5, 5.41) is 3.54. The van der Waals surface area contributed by atoms with Crippen LogP contribution < -0.4 is 11.1 Å². The first-order valence-corrected chi connectivity index (χ1v) is 5.91. The molecule has 1 aromatic rings. The molecule has 0 saturated carbocycles. The van der Waals surface area contributed by atoms with Gasteiger partial charge in [-0.1, -0.05) is 12.1 Å². The van der Waals surface area contributed by atoms with Crippen molar-refractivity contribution >= 4 is 5.69 Å². The molecule has 0 amide bonds. The number of nitrogens with two attached hydrogens (primary N) is 1. The van der Waals surface area contributed by atoms with Crippen LogP contribution in [0.5, 0.6) is 0 Å².